The minimum absolute atomic E-state index is 0. The van der Waals surface area contributed by atoms with Crippen LogP contribution in [0.1, 0.15) is 19.4 Å². The Labute approximate surface area is 196 Å². The first-order chi connectivity index (χ1) is 14.1. The molecule has 2 rings (SSSR count). The maximum Gasteiger partial charge on any atom is 0.191 e. The van der Waals surface area contributed by atoms with Crippen molar-refractivity contribution in [3.05, 3.63) is 48.0 Å². The van der Waals surface area contributed by atoms with Gasteiger partial charge in [0.05, 0.1) is 34.4 Å². The number of benzene rings is 2. The van der Waals surface area contributed by atoms with Gasteiger partial charge in [-0.1, -0.05) is 18.2 Å². The van der Waals surface area contributed by atoms with Crippen molar-refractivity contribution >= 4 is 29.9 Å². The Morgan fingerprint density at radius 1 is 0.900 bits per heavy atom. The summed E-state index contributed by atoms with van der Waals surface area (Å²) in [5, 5.41) is 6.57. The normalized spacial score (nSPS) is 11.7. The zero-order chi connectivity index (χ0) is 21.1. The van der Waals surface area contributed by atoms with E-state index in [1.54, 1.807) is 21.3 Å². The summed E-state index contributed by atoms with van der Waals surface area (Å²) >= 11 is 0. The summed E-state index contributed by atoms with van der Waals surface area (Å²) in [6.07, 6.45) is -0.0729. The lowest BCUT2D eigenvalue weighted by molar-refractivity contribution is 0.213. The van der Waals surface area contributed by atoms with Gasteiger partial charge < -0.3 is 29.6 Å². The maximum absolute atomic E-state index is 5.98. The molecule has 0 aromatic heterocycles. The summed E-state index contributed by atoms with van der Waals surface area (Å²) in [5.74, 6) is 3.55. The zero-order valence-electron chi connectivity index (χ0n) is 18.2. The van der Waals surface area contributed by atoms with Crippen LogP contribution in [0.25, 0.3) is 0 Å². The average Bonchev–Trinajstić information content (AvgIpc) is 2.75. The molecule has 0 saturated heterocycles. The van der Waals surface area contributed by atoms with Crippen LogP contribution in [0.3, 0.4) is 0 Å². The van der Waals surface area contributed by atoms with E-state index in [1.165, 1.54) is 0 Å². The highest BCUT2D eigenvalue weighted by molar-refractivity contribution is 14.0. The first kappa shape index (κ1) is 25.7. The lowest BCUT2D eigenvalue weighted by Gasteiger charge is -2.19. The molecule has 8 heteroatoms. The first-order valence-electron chi connectivity index (χ1n) is 9.64. The van der Waals surface area contributed by atoms with Crippen molar-refractivity contribution in [3.8, 4) is 23.0 Å². The van der Waals surface area contributed by atoms with Crippen LogP contribution in [0, 0.1) is 0 Å². The van der Waals surface area contributed by atoms with Gasteiger partial charge in [0, 0.05) is 6.54 Å². The molecule has 166 valence electrons. The van der Waals surface area contributed by atoms with Crippen molar-refractivity contribution in [3.63, 3.8) is 0 Å². The largest absolute Gasteiger partial charge is 0.493 e. The molecule has 0 aliphatic carbocycles. The quantitative estimate of drug-likeness (QED) is 0.277. The highest BCUT2D eigenvalue weighted by atomic mass is 127. The Morgan fingerprint density at radius 2 is 1.53 bits per heavy atom. The molecule has 30 heavy (non-hydrogen) atoms. The Balaban J connectivity index is 0.00000450. The number of nitrogens with one attached hydrogen (secondary N) is 2. The number of ether oxygens (including phenoxy) is 4. The number of hydrogen-bond donors (Lipinski definition) is 2. The van der Waals surface area contributed by atoms with Crippen molar-refractivity contribution in [2.24, 2.45) is 4.99 Å². The Bertz CT molecular complexity index is 802. The molecule has 1 unspecified atom stereocenters. The van der Waals surface area contributed by atoms with Crippen molar-refractivity contribution in [2.75, 3.05) is 34.4 Å². The van der Waals surface area contributed by atoms with Gasteiger partial charge in [-0.3, -0.25) is 0 Å². The van der Waals surface area contributed by atoms with E-state index in [2.05, 4.69) is 15.6 Å². The van der Waals surface area contributed by atoms with E-state index in [0.29, 0.717) is 30.3 Å². The van der Waals surface area contributed by atoms with Gasteiger partial charge in [0.15, 0.2) is 29.0 Å². The average molecular weight is 529 g/mol. The summed E-state index contributed by atoms with van der Waals surface area (Å²) in [6.45, 7) is 5.90. The van der Waals surface area contributed by atoms with E-state index in [1.807, 2.05) is 56.3 Å². The van der Waals surface area contributed by atoms with Crippen LogP contribution >= 0.6 is 24.0 Å². The number of rotatable bonds is 10. The molecule has 0 spiro atoms. The number of hydrogen-bond acceptors (Lipinski definition) is 5. The van der Waals surface area contributed by atoms with E-state index in [0.717, 1.165) is 23.8 Å². The number of para-hydroxylation sites is 2. The molecule has 2 aromatic carbocycles. The predicted molar refractivity (Wildman–Crippen MR) is 131 cm³/mol. The smallest absolute Gasteiger partial charge is 0.191 e. The summed E-state index contributed by atoms with van der Waals surface area (Å²) in [5.41, 5.74) is 1.03. The van der Waals surface area contributed by atoms with E-state index in [4.69, 9.17) is 18.9 Å². The van der Waals surface area contributed by atoms with Crippen LogP contribution in [0.5, 0.6) is 23.0 Å². The molecule has 0 amide bonds. The van der Waals surface area contributed by atoms with Crippen LogP contribution in [0.4, 0.5) is 0 Å². The molecule has 0 bridgehead atoms. The van der Waals surface area contributed by atoms with E-state index in [-0.39, 0.29) is 30.1 Å². The molecule has 7 nitrogen and oxygen atoms in total. The van der Waals surface area contributed by atoms with E-state index in [9.17, 15) is 0 Å². The monoisotopic (exact) mass is 529 g/mol. The highest BCUT2D eigenvalue weighted by Gasteiger charge is 2.10. The van der Waals surface area contributed by atoms with Gasteiger partial charge >= 0.3 is 0 Å². The lowest BCUT2D eigenvalue weighted by atomic mass is 10.2. The first-order valence-corrected chi connectivity index (χ1v) is 9.64. The summed E-state index contributed by atoms with van der Waals surface area (Å²) in [6, 6.07) is 13.4. The molecule has 0 aliphatic rings. The molecule has 2 aromatic rings. The third kappa shape index (κ3) is 7.81. The molecule has 0 heterocycles. The van der Waals surface area contributed by atoms with E-state index >= 15 is 0 Å². The van der Waals surface area contributed by atoms with Crippen molar-refractivity contribution in [1.29, 1.82) is 0 Å². The number of guanidine groups is 1. The van der Waals surface area contributed by atoms with E-state index < -0.39 is 0 Å². The van der Waals surface area contributed by atoms with Gasteiger partial charge in [-0.2, -0.15) is 0 Å². The van der Waals surface area contributed by atoms with Gasteiger partial charge in [-0.25, -0.2) is 4.99 Å². The minimum Gasteiger partial charge on any atom is -0.493 e. The molecular weight excluding hydrogens is 497 g/mol. The number of aliphatic imine (C=N–C) groups is 1. The molecule has 0 saturated carbocycles. The van der Waals surface area contributed by atoms with Gasteiger partial charge in [-0.15, -0.1) is 24.0 Å². The Kier molecular flexibility index (Phi) is 11.8. The fraction of sp³-hybridized carbons (Fsp3) is 0.409. The summed E-state index contributed by atoms with van der Waals surface area (Å²) in [4.78, 5) is 4.65. The van der Waals surface area contributed by atoms with Gasteiger partial charge in [0.2, 0.25) is 0 Å². The second-order valence-corrected chi connectivity index (χ2v) is 6.34. The third-order valence-corrected chi connectivity index (χ3v) is 4.17. The number of nitrogens with zero attached hydrogens (tertiary/aromatic N) is 1. The SMILES string of the molecule is CCNC(=NCc1ccc(OC)c(OC)c1)NCC(C)Oc1ccccc1OC.I. The summed E-state index contributed by atoms with van der Waals surface area (Å²) in [7, 11) is 4.88. The van der Waals surface area contributed by atoms with Gasteiger partial charge in [0.1, 0.15) is 6.10 Å². The Hall–Kier alpha value is -2.36. The fourth-order valence-corrected chi connectivity index (χ4v) is 2.71. The van der Waals surface area contributed by atoms with Gasteiger partial charge in [-0.05, 0) is 43.7 Å². The fourth-order valence-electron chi connectivity index (χ4n) is 2.71. The molecule has 1 atom stereocenters. The van der Waals surface area contributed by atoms with Gasteiger partial charge in [0.25, 0.3) is 0 Å². The third-order valence-electron chi connectivity index (χ3n) is 4.17. The number of halogens is 1. The predicted octanol–water partition coefficient (Wildman–Crippen LogP) is 3.85. The van der Waals surface area contributed by atoms with Crippen LogP contribution in [0.2, 0.25) is 0 Å². The molecular formula is C22H32IN3O4. The standard InChI is InChI=1S/C22H31N3O4.HI/c1-6-23-22(25-15-17-11-12-19(27-4)21(13-17)28-5)24-14-16(2)29-20-10-8-7-9-18(20)26-3;/h7-13,16H,6,14-15H2,1-5H3,(H2,23,24,25);1H. The zero-order valence-corrected chi connectivity index (χ0v) is 20.6. The van der Waals surface area contributed by atoms with Crippen LogP contribution in [-0.4, -0.2) is 46.5 Å². The maximum atomic E-state index is 5.98. The van der Waals surface area contributed by atoms with Crippen molar-refractivity contribution in [1.82, 2.24) is 10.6 Å². The summed E-state index contributed by atoms with van der Waals surface area (Å²) < 4.78 is 21.9. The molecule has 0 aliphatic heterocycles. The Morgan fingerprint density at radius 3 is 2.17 bits per heavy atom. The second kappa shape index (κ2) is 13.8. The van der Waals surface area contributed by atoms with Crippen LogP contribution in [0.15, 0.2) is 47.5 Å². The topological polar surface area (TPSA) is 73.3 Å². The number of methoxy groups -OCH3 is 3. The highest BCUT2D eigenvalue weighted by Crippen LogP contribution is 2.28. The van der Waals surface area contributed by atoms with Crippen LogP contribution in [-0.2, 0) is 6.54 Å². The van der Waals surface area contributed by atoms with Crippen LogP contribution < -0.4 is 29.6 Å². The molecule has 2 N–H and O–H groups in total. The second-order valence-electron chi connectivity index (χ2n) is 6.34. The molecule has 0 fully saturated rings. The van der Waals surface area contributed by atoms with Crippen molar-refractivity contribution < 1.29 is 18.9 Å². The lowest BCUT2D eigenvalue weighted by Crippen LogP contribution is -2.41. The van der Waals surface area contributed by atoms with Crippen molar-refractivity contribution in [2.45, 2.75) is 26.5 Å². The minimum atomic E-state index is -0.0729. The molecule has 0 radical (unpaired) electrons.